The second kappa shape index (κ2) is 5.85. The molecule has 0 radical (unpaired) electrons. The van der Waals surface area contributed by atoms with Crippen molar-refractivity contribution >= 4 is 17.4 Å². The van der Waals surface area contributed by atoms with Crippen LogP contribution < -0.4 is 5.32 Å². The number of aromatic nitrogens is 2. The first-order valence-corrected chi connectivity index (χ1v) is 6.95. The molecule has 0 aromatic carbocycles. The summed E-state index contributed by atoms with van der Waals surface area (Å²) >= 11 is 6.15. The van der Waals surface area contributed by atoms with Crippen LogP contribution in [0.5, 0.6) is 0 Å². The van der Waals surface area contributed by atoms with Gasteiger partial charge in [-0.1, -0.05) is 18.5 Å². The molecule has 1 aromatic rings. The Morgan fingerprint density at radius 2 is 2.17 bits per heavy atom. The summed E-state index contributed by atoms with van der Waals surface area (Å²) in [6, 6.07) is 0.228. The van der Waals surface area contributed by atoms with Gasteiger partial charge in [-0.2, -0.15) is 0 Å². The van der Waals surface area contributed by atoms with Crippen LogP contribution in [0.1, 0.15) is 49.9 Å². The van der Waals surface area contributed by atoms with E-state index in [0.29, 0.717) is 11.1 Å². The number of aliphatic hydroxyl groups excluding tert-OH is 1. The Labute approximate surface area is 113 Å². The zero-order chi connectivity index (χ0) is 13.1. The summed E-state index contributed by atoms with van der Waals surface area (Å²) in [6.45, 7) is 4.19. The van der Waals surface area contributed by atoms with E-state index in [9.17, 15) is 0 Å². The zero-order valence-corrected chi connectivity index (χ0v) is 11.7. The number of hydrogen-bond donors (Lipinski definition) is 2. The molecule has 0 saturated heterocycles. The predicted molar refractivity (Wildman–Crippen MR) is 73.2 cm³/mol. The Kier molecular flexibility index (Phi) is 4.40. The largest absolute Gasteiger partial charge is 0.396 e. The standard InChI is InChI=1S/C13H20ClN3O/c1-3-10(6-7-18)15-12-8(2)11(14)16-13(17-12)9-4-5-9/h9-10,18H,3-7H2,1-2H3,(H,15,16,17). The zero-order valence-electron chi connectivity index (χ0n) is 10.9. The molecule has 0 spiro atoms. The lowest BCUT2D eigenvalue weighted by Crippen LogP contribution is -2.21. The van der Waals surface area contributed by atoms with E-state index >= 15 is 0 Å². The maximum Gasteiger partial charge on any atom is 0.137 e. The summed E-state index contributed by atoms with van der Waals surface area (Å²) in [6.07, 6.45) is 3.98. The monoisotopic (exact) mass is 269 g/mol. The highest BCUT2D eigenvalue weighted by molar-refractivity contribution is 6.30. The fraction of sp³-hybridized carbons (Fsp3) is 0.692. The molecule has 1 saturated carbocycles. The summed E-state index contributed by atoms with van der Waals surface area (Å²) in [7, 11) is 0. The van der Waals surface area contributed by atoms with E-state index in [2.05, 4.69) is 22.2 Å². The minimum absolute atomic E-state index is 0.179. The number of nitrogens with one attached hydrogen (secondary N) is 1. The third kappa shape index (κ3) is 3.12. The molecule has 18 heavy (non-hydrogen) atoms. The Morgan fingerprint density at radius 1 is 1.44 bits per heavy atom. The first-order chi connectivity index (χ1) is 8.65. The first kappa shape index (κ1) is 13.6. The molecule has 1 aliphatic carbocycles. The van der Waals surface area contributed by atoms with Crippen LogP contribution in [0.15, 0.2) is 0 Å². The van der Waals surface area contributed by atoms with Gasteiger partial charge in [-0.25, -0.2) is 9.97 Å². The van der Waals surface area contributed by atoms with Crippen molar-refractivity contribution in [2.45, 2.75) is 51.5 Å². The maximum absolute atomic E-state index is 9.02. The van der Waals surface area contributed by atoms with E-state index in [-0.39, 0.29) is 12.6 Å². The molecule has 100 valence electrons. The molecule has 1 heterocycles. The van der Waals surface area contributed by atoms with E-state index in [4.69, 9.17) is 16.7 Å². The molecule has 1 fully saturated rings. The lowest BCUT2D eigenvalue weighted by molar-refractivity contribution is 0.278. The molecule has 0 aliphatic heterocycles. The van der Waals surface area contributed by atoms with Gasteiger partial charge in [0, 0.05) is 24.1 Å². The van der Waals surface area contributed by atoms with Crippen LogP contribution in [0.4, 0.5) is 5.82 Å². The van der Waals surface area contributed by atoms with Gasteiger partial charge in [-0.15, -0.1) is 0 Å². The molecule has 1 unspecified atom stereocenters. The van der Waals surface area contributed by atoms with Gasteiger partial charge < -0.3 is 10.4 Å². The van der Waals surface area contributed by atoms with Gasteiger partial charge in [0.2, 0.25) is 0 Å². The number of anilines is 1. The highest BCUT2D eigenvalue weighted by Crippen LogP contribution is 2.39. The van der Waals surface area contributed by atoms with Crippen molar-refractivity contribution < 1.29 is 5.11 Å². The van der Waals surface area contributed by atoms with Crippen LogP contribution in [-0.2, 0) is 0 Å². The minimum Gasteiger partial charge on any atom is -0.396 e. The van der Waals surface area contributed by atoms with Gasteiger partial charge >= 0.3 is 0 Å². The fourth-order valence-corrected chi connectivity index (χ4v) is 2.07. The van der Waals surface area contributed by atoms with Crippen molar-refractivity contribution in [2.24, 2.45) is 0 Å². The normalized spacial score (nSPS) is 16.7. The fourth-order valence-electron chi connectivity index (χ4n) is 1.90. The summed E-state index contributed by atoms with van der Waals surface area (Å²) < 4.78 is 0. The highest BCUT2D eigenvalue weighted by atomic mass is 35.5. The van der Waals surface area contributed by atoms with Crippen molar-refractivity contribution in [1.29, 1.82) is 0 Å². The van der Waals surface area contributed by atoms with Crippen molar-refractivity contribution in [3.05, 3.63) is 16.5 Å². The molecular formula is C13H20ClN3O. The van der Waals surface area contributed by atoms with Crippen LogP contribution in [0, 0.1) is 6.92 Å². The van der Waals surface area contributed by atoms with Gasteiger partial charge in [0.05, 0.1) is 0 Å². The Morgan fingerprint density at radius 3 is 2.72 bits per heavy atom. The second-order valence-corrected chi connectivity index (χ2v) is 5.24. The van der Waals surface area contributed by atoms with Gasteiger partial charge in [-0.3, -0.25) is 0 Å². The van der Waals surface area contributed by atoms with Crippen LogP contribution in [-0.4, -0.2) is 27.7 Å². The van der Waals surface area contributed by atoms with Crippen molar-refractivity contribution in [1.82, 2.24) is 9.97 Å². The Bertz CT molecular complexity index is 421. The summed E-state index contributed by atoms with van der Waals surface area (Å²) in [5.74, 6) is 2.16. The summed E-state index contributed by atoms with van der Waals surface area (Å²) in [5.41, 5.74) is 0.887. The van der Waals surface area contributed by atoms with Crippen LogP contribution in [0.25, 0.3) is 0 Å². The van der Waals surface area contributed by atoms with Gasteiger partial charge in [-0.05, 0) is 32.6 Å². The number of nitrogens with zero attached hydrogens (tertiary/aromatic N) is 2. The van der Waals surface area contributed by atoms with Crippen LogP contribution in [0.2, 0.25) is 5.15 Å². The lowest BCUT2D eigenvalue weighted by atomic mass is 10.1. The number of rotatable bonds is 6. The molecule has 2 N–H and O–H groups in total. The molecule has 4 nitrogen and oxygen atoms in total. The molecule has 1 aliphatic rings. The smallest absolute Gasteiger partial charge is 0.137 e. The number of aliphatic hydroxyl groups is 1. The topological polar surface area (TPSA) is 58.0 Å². The number of halogens is 1. The van der Waals surface area contributed by atoms with Crippen molar-refractivity contribution in [2.75, 3.05) is 11.9 Å². The molecule has 2 rings (SSSR count). The average Bonchev–Trinajstić information content (AvgIpc) is 3.18. The number of hydrogen-bond acceptors (Lipinski definition) is 4. The molecule has 0 bridgehead atoms. The average molecular weight is 270 g/mol. The van der Waals surface area contributed by atoms with E-state index in [0.717, 1.165) is 42.9 Å². The Hall–Kier alpha value is -0.870. The highest BCUT2D eigenvalue weighted by Gasteiger charge is 2.28. The lowest BCUT2D eigenvalue weighted by Gasteiger charge is -2.18. The Balaban J connectivity index is 2.19. The van der Waals surface area contributed by atoms with Crippen molar-refractivity contribution in [3.8, 4) is 0 Å². The molecular weight excluding hydrogens is 250 g/mol. The van der Waals surface area contributed by atoms with E-state index < -0.39 is 0 Å². The third-order valence-electron chi connectivity index (χ3n) is 3.36. The second-order valence-electron chi connectivity index (χ2n) is 4.88. The maximum atomic E-state index is 9.02. The third-order valence-corrected chi connectivity index (χ3v) is 3.73. The SMILES string of the molecule is CCC(CCO)Nc1nc(C2CC2)nc(Cl)c1C. The first-order valence-electron chi connectivity index (χ1n) is 6.57. The van der Waals surface area contributed by atoms with Crippen LogP contribution in [0.3, 0.4) is 0 Å². The van der Waals surface area contributed by atoms with Gasteiger partial charge in [0.25, 0.3) is 0 Å². The van der Waals surface area contributed by atoms with Crippen molar-refractivity contribution in [3.63, 3.8) is 0 Å². The van der Waals surface area contributed by atoms with E-state index in [1.807, 2.05) is 6.92 Å². The van der Waals surface area contributed by atoms with E-state index in [1.165, 1.54) is 0 Å². The quantitative estimate of drug-likeness (QED) is 0.780. The van der Waals surface area contributed by atoms with E-state index in [1.54, 1.807) is 0 Å². The molecule has 0 amide bonds. The predicted octanol–water partition coefficient (Wildman–Crippen LogP) is 2.89. The van der Waals surface area contributed by atoms with Gasteiger partial charge in [0.15, 0.2) is 0 Å². The molecule has 1 aromatic heterocycles. The van der Waals surface area contributed by atoms with Gasteiger partial charge in [0.1, 0.15) is 16.8 Å². The molecule has 1 atom stereocenters. The summed E-state index contributed by atoms with van der Waals surface area (Å²) in [4.78, 5) is 8.92. The summed E-state index contributed by atoms with van der Waals surface area (Å²) in [5, 5.41) is 12.9. The minimum atomic E-state index is 0.179. The molecule has 5 heteroatoms. The van der Waals surface area contributed by atoms with Crippen LogP contribution >= 0.6 is 11.6 Å².